The van der Waals surface area contributed by atoms with Crippen LogP contribution in [0.5, 0.6) is 0 Å². The molecule has 8 heteroatoms. The summed E-state index contributed by atoms with van der Waals surface area (Å²) < 4.78 is 26.1. The molecule has 0 saturated carbocycles. The predicted octanol–water partition coefficient (Wildman–Crippen LogP) is 2.94. The van der Waals surface area contributed by atoms with Crippen molar-refractivity contribution in [3.8, 4) is 0 Å². The third-order valence-corrected chi connectivity index (χ3v) is 6.67. The molecule has 26 heavy (non-hydrogen) atoms. The van der Waals surface area contributed by atoms with Crippen molar-refractivity contribution in [2.45, 2.75) is 44.0 Å². The van der Waals surface area contributed by atoms with Crippen LogP contribution in [0.1, 0.15) is 42.7 Å². The minimum atomic E-state index is -3.15. The second kappa shape index (κ2) is 7.20. The van der Waals surface area contributed by atoms with Gasteiger partial charge in [0.25, 0.3) is 5.91 Å². The Bertz CT molecular complexity index is 905. The van der Waals surface area contributed by atoms with Gasteiger partial charge in [0, 0.05) is 42.9 Å². The Morgan fingerprint density at radius 1 is 1.50 bits per heavy atom. The first-order chi connectivity index (χ1) is 12.3. The van der Waals surface area contributed by atoms with Gasteiger partial charge in [-0.1, -0.05) is 20.3 Å². The minimum absolute atomic E-state index is 0.00110. The van der Waals surface area contributed by atoms with Crippen LogP contribution in [0.3, 0.4) is 0 Å². The maximum Gasteiger partial charge on any atom is 0.272 e. The van der Waals surface area contributed by atoms with Crippen molar-refractivity contribution >= 4 is 21.5 Å². The summed E-state index contributed by atoms with van der Waals surface area (Å²) in [6, 6.07) is 3.43. The largest absolute Gasteiger partial charge is 0.345 e. The molecule has 0 spiro atoms. The summed E-state index contributed by atoms with van der Waals surface area (Å²) >= 11 is 0. The minimum Gasteiger partial charge on any atom is -0.345 e. The zero-order valence-corrected chi connectivity index (χ0v) is 16.1. The molecule has 2 aromatic heterocycles. The first-order valence-corrected chi connectivity index (χ1v) is 10.3. The number of rotatable bonds is 4. The molecule has 1 aliphatic rings. The van der Waals surface area contributed by atoms with Crippen molar-refractivity contribution in [1.29, 1.82) is 4.78 Å². The van der Waals surface area contributed by atoms with Crippen molar-refractivity contribution in [3.63, 3.8) is 0 Å². The van der Waals surface area contributed by atoms with Crippen LogP contribution in [-0.2, 0) is 23.4 Å². The fraction of sp³-hybridized carbons (Fsp3) is 0.444. The van der Waals surface area contributed by atoms with Crippen molar-refractivity contribution in [2.75, 3.05) is 5.32 Å². The summed E-state index contributed by atoms with van der Waals surface area (Å²) in [5.74, 6) is 0.0465. The van der Waals surface area contributed by atoms with Crippen LogP contribution in [0.4, 0.5) is 5.69 Å². The lowest BCUT2D eigenvalue weighted by Gasteiger charge is -2.22. The highest BCUT2D eigenvalue weighted by Gasteiger charge is 2.32. The number of hydrogen-bond donors (Lipinski definition) is 3. The normalized spacial score (nSPS) is 23.7. The van der Waals surface area contributed by atoms with E-state index >= 15 is 0 Å². The van der Waals surface area contributed by atoms with E-state index in [9.17, 15) is 9.00 Å². The zero-order chi connectivity index (χ0) is 18.9. The average molecular weight is 375 g/mol. The van der Waals surface area contributed by atoms with Gasteiger partial charge in [0.2, 0.25) is 0 Å². The average Bonchev–Trinajstić information content (AvgIpc) is 2.89. The highest BCUT2D eigenvalue weighted by molar-refractivity contribution is 7.90. The second-order valence-electron chi connectivity index (χ2n) is 6.83. The zero-order valence-electron chi connectivity index (χ0n) is 15.3. The van der Waals surface area contributed by atoms with Gasteiger partial charge in [-0.3, -0.25) is 9.78 Å². The molecule has 0 aromatic carbocycles. The van der Waals surface area contributed by atoms with Gasteiger partial charge in [0.15, 0.2) is 0 Å². The molecule has 3 heterocycles. The molecule has 0 saturated heterocycles. The number of hydrogen-bond acceptors (Lipinski definition) is 4. The number of nitrogens with zero attached hydrogens (tertiary/aromatic N) is 2. The lowest BCUT2D eigenvalue weighted by molar-refractivity contribution is 0.101. The Hall–Kier alpha value is -2.19. The molecule has 0 bridgehead atoms. The molecule has 1 aliphatic heterocycles. The van der Waals surface area contributed by atoms with Crippen molar-refractivity contribution in [3.05, 3.63) is 42.0 Å². The Balaban J connectivity index is 1.97. The molecule has 3 rings (SSSR count). The number of anilines is 1. The fourth-order valence-corrected chi connectivity index (χ4v) is 5.14. The van der Waals surface area contributed by atoms with Crippen LogP contribution in [0.15, 0.2) is 35.6 Å². The number of aryl methyl sites for hydroxylation is 1. The standard InChI is InChI=1S/C18H25N5O2S/c1-4-12(2)15-6-5-14-16(26(19,25)22-15)11-23(3)17(14)18(24)21-13-7-9-20-10-8-13/h7-12,15H,4-6H2,1-3H3,(H2,19,22,25)(H,20,21,24)/t12-,15-,26?/m0/s1. The van der Waals surface area contributed by atoms with Crippen LogP contribution in [0.2, 0.25) is 0 Å². The van der Waals surface area contributed by atoms with E-state index in [0.717, 1.165) is 12.8 Å². The smallest absolute Gasteiger partial charge is 0.272 e. The van der Waals surface area contributed by atoms with E-state index < -0.39 is 9.92 Å². The topological polar surface area (TPSA) is 99.9 Å². The van der Waals surface area contributed by atoms with E-state index in [-0.39, 0.29) is 11.9 Å². The summed E-state index contributed by atoms with van der Waals surface area (Å²) in [5.41, 5.74) is 1.82. The molecule has 3 N–H and O–H groups in total. The fourth-order valence-electron chi connectivity index (χ4n) is 3.38. The van der Waals surface area contributed by atoms with E-state index in [1.165, 1.54) is 0 Å². The molecule has 1 amide bonds. The molecular weight excluding hydrogens is 350 g/mol. The Morgan fingerprint density at radius 2 is 2.19 bits per heavy atom. The van der Waals surface area contributed by atoms with E-state index in [1.54, 1.807) is 42.3 Å². The van der Waals surface area contributed by atoms with Gasteiger partial charge < -0.3 is 9.88 Å². The van der Waals surface area contributed by atoms with E-state index in [2.05, 4.69) is 28.9 Å². The van der Waals surface area contributed by atoms with E-state index in [1.807, 2.05) is 0 Å². The maximum absolute atomic E-state index is 13.0. The van der Waals surface area contributed by atoms with Crippen molar-refractivity contribution in [1.82, 2.24) is 14.3 Å². The lowest BCUT2D eigenvalue weighted by atomic mass is 9.94. The Labute approximate surface area is 154 Å². The number of carbonyl (C=O) groups excluding carboxylic acids is 1. The summed E-state index contributed by atoms with van der Waals surface area (Å²) in [4.78, 5) is 17.2. The summed E-state index contributed by atoms with van der Waals surface area (Å²) in [6.45, 7) is 4.18. The molecule has 0 fully saturated rings. The molecular formula is C18H25N5O2S. The van der Waals surface area contributed by atoms with Gasteiger partial charge in [0.05, 0.1) is 4.90 Å². The summed E-state index contributed by atoms with van der Waals surface area (Å²) in [6.07, 6.45) is 7.18. The lowest BCUT2D eigenvalue weighted by Crippen LogP contribution is -2.37. The van der Waals surface area contributed by atoms with Crippen molar-refractivity contribution in [2.24, 2.45) is 13.0 Å². The van der Waals surface area contributed by atoms with Crippen LogP contribution < -0.4 is 10.0 Å². The molecule has 1 unspecified atom stereocenters. The SMILES string of the molecule is CC[C@H](C)[C@@H]1CCc2c(cn(C)c2C(=O)Nc2ccncc2)S(=N)(=O)N1. The van der Waals surface area contributed by atoms with Gasteiger partial charge in [-0.2, -0.15) is 0 Å². The number of nitrogens with one attached hydrogen (secondary N) is 3. The molecule has 3 atom stereocenters. The third kappa shape index (κ3) is 3.52. The van der Waals surface area contributed by atoms with Crippen LogP contribution in [0.25, 0.3) is 0 Å². The second-order valence-corrected chi connectivity index (χ2v) is 8.61. The highest BCUT2D eigenvalue weighted by atomic mass is 32.2. The van der Waals surface area contributed by atoms with Crippen LogP contribution >= 0.6 is 0 Å². The number of carbonyl (C=O) groups is 1. The van der Waals surface area contributed by atoms with Crippen LogP contribution in [0, 0.1) is 10.7 Å². The number of fused-ring (bicyclic) bond motifs is 1. The number of pyridine rings is 1. The number of aromatic nitrogens is 2. The summed E-state index contributed by atoms with van der Waals surface area (Å²) in [5, 5.41) is 2.85. The Kier molecular flexibility index (Phi) is 5.15. The van der Waals surface area contributed by atoms with Gasteiger partial charge in [-0.25, -0.2) is 13.7 Å². The van der Waals surface area contributed by atoms with E-state index in [0.29, 0.717) is 34.2 Å². The van der Waals surface area contributed by atoms with E-state index in [4.69, 9.17) is 4.78 Å². The van der Waals surface area contributed by atoms with Crippen molar-refractivity contribution < 1.29 is 9.00 Å². The molecule has 140 valence electrons. The van der Waals surface area contributed by atoms with Gasteiger partial charge in [0.1, 0.15) is 15.6 Å². The van der Waals surface area contributed by atoms with Crippen LogP contribution in [-0.4, -0.2) is 25.7 Å². The van der Waals surface area contributed by atoms with Gasteiger partial charge >= 0.3 is 0 Å². The molecule has 7 nitrogen and oxygen atoms in total. The molecule has 2 aromatic rings. The summed E-state index contributed by atoms with van der Waals surface area (Å²) in [7, 11) is -1.40. The third-order valence-electron chi connectivity index (χ3n) is 5.06. The first kappa shape index (κ1) is 18.6. The first-order valence-electron chi connectivity index (χ1n) is 8.79. The molecule has 0 aliphatic carbocycles. The van der Waals surface area contributed by atoms with Gasteiger partial charge in [-0.15, -0.1) is 0 Å². The Morgan fingerprint density at radius 3 is 2.85 bits per heavy atom. The predicted molar refractivity (Wildman–Crippen MR) is 101 cm³/mol. The maximum atomic E-state index is 13.0. The number of amides is 1. The van der Waals surface area contributed by atoms with Gasteiger partial charge in [-0.05, 0) is 30.9 Å². The quantitative estimate of drug-likeness (QED) is 0.766. The monoisotopic (exact) mass is 375 g/mol. The molecule has 0 radical (unpaired) electrons. The highest BCUT2D eigenvalue weighted by Crippen LogP contribution is 2.30.